The molecule has 0 amide bonds. The fraction of sp³-hybridized carbons (Fsp3) is 0.720. The molecule has 2 heterocycles. The van der Waals surface area contributed by atoms with E-state index in [0.29, 0.717) is 6.04 Å². The Bertz CT molecular complexity index is 653. The molecule has 3 rings (SSSR count). The van der Waals surface area contributed by atoms with Crippen molar-refractivity contribution >= 4 is 29.9 Å². The number of halogens is 1. The summed E-state index contributed by atoms with van der Waals surface area (Å²) in [5.41, 5.74) is 1.43. The van der Waals surface area contributed by atoms with E-state index in [1.165, 1.54) is 24.8 Å². The van der Waals surface area contributed by atoms with E-state index in [-0.39, 0.29) is 24.0 Å². The van der Waals surface area contributed by atoms with Crippen molar-refractivity contribution < 1.29 is 4.74 Å². The van der Waals surface area contributed by atoms with Gasteiger partial charge in [0.05, 0.1) is 0 Å². The molecule has 2 aliphatic rings. The lowest BCUT2D eigenvalue weighted by atomic mass is 9.96. The summed E-state index contributed by atoms with van der Waals surface area (Å²) in [5.74, 6) is 1.85. The van der Waals surface area contributed by atoms with Crippen LogP contribution in [0.25, 0.3) is 0 Å². The monoisotopic (exact) mass is 557 g/mol. The fourth-order valence-electron chi connectivity index (χ4n) is 4.66. The predicted molar refractivity (Wildman–Crippen MR) is 145 cm³/mol. The van der Waals surface area contributed by atoms with Crippen molar-refractivity contribution in [3.05, 3.63) is 35.9 Å². The van der Waals surface area contributed by atoms with Gasteiger partial charge in [0.1, 0.15) is 0 Å². The Labute approximate surface area is 212 Å². The van der Waals surface area contributed by atoms with Crippen LogP contribution in [0.15, 0.2) is 35.3 Å². The molecule has 0 saturated carbocycles. The van der Waals surface area contributed by atoms with Crippen molar-refractivity contribution in [1.82, 2.24) is 20.0 Å². The van der Waals surface area contributed by atoms with Gasteiger partial charge in [0, 0.05) is 72.1 Å². The summed E-state index contributed by atoms with van der Waals surface area (Å²) in [4.78, 5) is 12.3. The molecule has 1 N–H and O–H groups in total. The Morgan fingerprint density at radius 2 is 1.94 bits per heavy atom. The molecule has 1 aromatic carbocycles. The number of hydrogen-bond acceptors (Lipinski definition) is 4. The SMILES string of the molecule is CCNC(=NCCCN1CCN(C)CC1c1ccccc1)N(C)CCC1CCOCC1.I. The van der Waals surface area contributed by atoms with Crippen molar-refractivity contribution in [1.29, 1.82) is 0 Å². The smallest absolute Gasteiger partial charge is 0.193 e. The molecule has 2 fully saturated rings. The van der Waals surface area contributed by atoms with Crippen LogP contribution in [0.2, 0.25) is 0 Å². The van der Waals surface area contributed by atoms with E-state index in [2.05, 4.69) is 71.4 Å². The van der Waals surface area contributed by atoms with E-state index in [1.807, 2.05) is 0 Å². The van der Waals surface area contributed by atoms with Crippen LogP contribution in [-0.4, -0.2) is 93.8 Å². The van der Waals surface area contributed by atoms with E-state index >= 15 is 0 Å². The molecule has 182 valence electrons. The molecular weight excluding hydrogens is 513 g/mol. The van der Waals surface area contributed by atoms with Crippen molar-refractivity contribution in [2.24, 2.45) is 10.9 Å². The maximum atomic E-state index is 5.49. The number of piperazine rings is 1. The lowest BCUT2D eigenvalue weighted by molar-refractivity contribution is 0.0625. The zero-order valence-electron chi connectivity index (χ0n) is 20.3. The molecule has 2 aliphatic heterocycles. The van der Waals surface area contributed by atoms with Crippen LogP contribution in [0.5, 0.6) is 0 Å². The zero-order valence-corrected chi connectivity index (χ0v) is 22.7. The van der Waals surface area contributed by atoms with Gasteiger partial charge in [-0.15, -0.1) is 24.0 Å². The Morgan fingerprint density at radius 1 is 1.19 bits per heavy atom. The molecule has 32 heavy (non-hydrogen) atoms. The van der Waals surface area contributed by atoms with Gasteiger partial charge >= 0.3 is 0 Å². The highest BCUT2D eigenvalue weighted by atomic mass is 127. The summed E-state index contributed by atoms with van der Waals surface area (Å²) in [5, 5.41) is 3.48. The van der Waals surface area contributed by atoms with Crippen LogP contribution >= 0.6 is 24.0 Å². The van der Waals surface area contributed by atoms with Crippen molar-refractivity contribution in [3.63, 3.8) is 0 Å². The first-order valence-corrected chi connectivity index (χ1v) is 12.2. The Hall–Kier alpha value is -0.900. The highest BCUT2D eigenvalue weighted by Gasteiger charge is 2.26. The number of nitrogens with one attached hydrogen (secondary N) is 1. The summed E-state index contributed by atoms with van der Waals surface area (Å²) in [6, 6.07) is 11.4. The summed E-state index contributed by atoms with van der Waals surface area (Å²) < 4.78 is 5.49. The molecule has 0 radical (unpaired) electrons. The summed E-state index contributed by atoms with van der Waals surface area (Å²) in [6.07, 6.45) is 4.73. The molecule has 2 saturated heterocycles. The van der Waals surface area contributed by atoms with Crippen LogP contribution in [0.4, 0.5) is 0 Å². The fourth-order valence-corrected chi connectivity index (χ4v) is 4.66. The third-order valence-electron chi connectivity index (χ3n) is 6.65. The van der Waals surface area contributed by atoms with Crippen molar-refractivity contribution in [2.45, 2.75) is 38.6 Å². The number of rotatable bonds is 9. The summed E-state index contributed by atoms with van der Waals surface area (Å²) in [7, 11) is 4.41. The molecule has 1 unspecified atom stereocenters. The first-order chi connectivity index (χ1) is 15.2. The Kier molecular flexibility index (Phi) is 12.9. The second kappa shape index (κ2) is 15.1. The Balaban J connectivity index is 0.00000363. The van der Waals surface area contributed by atoms with Crippen LogP contribution in [0, 0.1) is 5.92 Å². The largest absolute Gasteiger partial charge is 0.381 e. The van der Waals surface area contributed by atoms with Gasteiger partial charge in [-0.3, -0.25) is 9.89 Å². The van der Waals surface area contributed by atoms with Gasteiger partial charge in [0.2, 0.25) is 0 Å². The number of nitrogens with zero attached hydrogens (tertiary/aromatic N) is 4. The Morgan fingerprint density at radius 3 is 2.66 bits per heavy atom. The average molecular weight is 558 g/mol. The third-order valence-corrected chi connectivity index (χ3v) is 6.65. The number of likely N-dealkylation sites (N-methyl/N-ethyl adjacent to an activating group) is 1. The summed E-state index contributed by atoms with van der Waals surface area (Å²) >= 11 is 0. The quantitative estimate of drug-likeness (QED) is 0.217. The maximum Gasteiger partial charge on any atom is 0.193 e. The number of benzene rings is 1. The molecule has 1 atom stereocenters. The molecular formula is C25H44IN5O. The minimum atomic E-state index is 0. The van der Waals surface area contributed by atoms with Crippen LogP contribution in [-0.2, 0) is 4.74 Å². The second-order valence-corrected chi connectivity index (χ2v) is 9.08. The van der Waals surface area contributed by atoms with Crippen LogP contribution < -0.4 is 5.32 Å². The van der Waals surface area contributed by atoms with Gasteiger partial charge in [0.25, 0.3) is 0 Å². The first-order valence-electron chi connectivity index (χ1n) is 12.2. The number of ether oxygens (including phenoxy) is 1. The maximum absolute atomic E-state index is 5.49. The van der Waals surface area contributed by atoms with E-state index < -0.39 is 0 Å². The average Bonchev–Trinajstić information content (AvgIpc) is 2.81. The lowest BCUT2D eigenvalue weighted by Gasteiger charge is -2.40. The molecule has 0 aliphatic carbocycles. The van der Waals surface area contributed by atoms with Crippen molar-refractivity contribution in [3.8, 4) is 0 Å². The number of guanidine groups is 1. The van der Waals surface area contributed by atoms with E-state index in [0.717, 1.165) is 77.3 Å². The van der Waals surface area contributed by atoms with E-state index in [1.54, 1.807) is 0 Å². The molecule has 1 aromatic rings. The minimum Gasteiger partial charge on any atom is -0.381 e. The molecule has 0 aromatic heterocycles. The van der Waals surface area contributed by atoms with Gasteiger partial charge in [-0.2, -0.15) is 0 Å². The normalized spacial score (nSPS) is 21.2. The first kappa shape index (κ1) is 27.3. The molecule has 0 bridgehead atoms. The molecule has 0 spiro atoms. The van der Waals surface area contributed by atoms with Crippen molar-refractivity contribution in [2.75, 3.05) is 73.1 Å². The number of aliphatic imine (C=N–C) groups is 1. The third kappa shape index (κ3) is 8.80. The highest BCUT2D eigenvalue weighted by Crippen LogP contribution is 2.24. The topological polar surface area (TPSA) is 43.3 Å². The zero-order chi connectivity index (χ0) is 21.9. The van der Waals surface area contributed by atoms with Crippen LogP contribution in [0.3, 0.4) is 0 Å². The standard InChI is InChI=1S/C25H43N5O.HI/c1-4-26-25(29(3)16-11-22-12-19-31-20-13-22)27-14-8-15-30-18-17-28(2)21-24(30)23-9-6-5-7-10-23;/h5-7,9-10,22,24H,4,8,11-21H2,1-3H3,(H,26,27);1H. The van der Waals surface area contributed by atoms with Crippen LogP contribution in [0.1, 0.15) is 44.2 Å². The second-order valence-electron chi connectivity index (χ2n) is 9.08. The van der Waals surface area contributed by atoms with E-state index in [9.17, 15) is 0 Å². The van der Waals surface area contributed by atoms with Gasteiger partial charge in [-0.05, 0) is 51.1 Å². The minimum absolute atomic E-state index is 0. The number of hydrogen-bond donors (Lipinski definition) is 1. The van der Waals surface area contributed by atoms with Gasteiger partial charge < -0.3 is 19.9 Å². The molecule has 6 nitrogen and oxygen atoms in total. The predicted octanol–water partition coefficient (Wildman–Crippen LogP) is 3.70. The van der Waals surface area contributed by atoms with Gasteiger partial charge in [0.15, 0.2) is 5.96 Å². The van der Waals surface area contributed by atoms with Gasteiger partial charge in [-0.1, -0.05) is 30.3 Å². The van der Waals surface area contributed by atoms with E-state index in [4.69, 9.17) is 9.73 Å². The summed E-state index contributed by atoms with van der Waals surface area (Å²) in [6.45, 7) is 11.3. The lowest BCUT2D eigenvalue weighted by Crippen LogP contribution is -2.47. The molecule has 7 heteroatoms. The van der Waals surface area contributed by atoms with Gasteiger partial charge in [-0.25, -0.2) is 0 Å². The highest BCUT2D eigenvalue weighted by molar-refractivity contribution is 14.0.